The van der Waals surface area contributed by atoms with Gasteiger partial charge in [-0.05, 0) is 95.4 Å². The van der Waals surface area contributed by atoms with Gasteiger partial charge in [-0.2, -0.15) is 0 Å². The summed E-state index contributed by atoms with van der Waals surface area (Å²) >= 11 is 11.5. The second-order valence-corrected chi connectivity index (χ2v) is 9.97. The van der Waals surface area contributed by atoms with Crippen molar-refractivity contribution in [1.29, 1.82) is 0 Å². The topological polar surface area (TPSA) is 65.6 Å². The Balaban J connectivity index is 1.53. The number of piperidine rings is 2. The Bertz CT molecular complexity index is 593. The lowest BCUT2D eigenvalue weighted by atomic mass is 9.68. The zero-order valence-electron chi connectivity index (χ0n) is 18.0. The molecule has 2 heterocycles. The number of rotatable bonds is 4. The maximum absolute atomic E-state index is 13.9. The number of amides is 1. The van der Waals surface area contributed by atoms with E-state index < -0.39 is 12.3 Å². The smallest absolute Gasteiger partial charge is 0.413 e. The molecule has 1 amide bonds. The third-order valence-electron chi connectivity index (χ3n) is 7.07. The van der Waals surface area contributed by atoms with Crippen LogP contribution in [-0.4, -0.2) is 66.6 Å². The van der Waals surface area contributed by atoms with Gasteiger partial charge in [-0.1, -0.05) is 0 Å². The maximum Gasteiger partial charge on any atom is 0.413 e. The number of thiocarbonyl (C=S) groups is 1. The van der Waals surface area contributed by atoms with E-state index in [-0.39, 0.29) is 16.7 Å². The number of nitrogens with zero attached hydrogens (tertiary/aromatic N) is 1. The van der Waals surface area contributed by atoms with E-state index in [1.165, 1.54) is 12.8 Å². The zero-order valence-corrected chi connectivity index (χ0v) is 19.6. The van der Waals surface area contributed by atoms with E-state index in [4.69, 9.17) is 28.6 Å². The van der Waals surface area contributed by atoms with Gasteiger partial charge in [0, 0.05) is 12.6 Å². The zero-order chi connectivity index (χ0) is 21.7. The van der Waals surface area contributed by atoms with Gasteiger partial charge < -0.3 is 15.0 Å². The molecule has 3 aliphatic rings. The molecule has 0 aromatic rings. The highest BCUT2D eigenvalue weighted by Crippen LogP contribution is 2.42. The highest BCUT2D eigenvalue weighted by Gasteiger charge is 2.43. The standard InChI is InChI=1S/C21H36ClFN4O2S/c1-3-29-21(28)26-20(30)25-18-9-7-14(12-24-18)15-5-4-10-27(2)19(15)13-6-8-17(23)16(22)11-13/h13-19,24H,3-12H2,1-2H3,(H2,25,26,28,30). The lowest BCUT2D eigenvalue weighted by molar-refractivity contribution is 0.0104. The van der Waals surface area contributed by atoms with Crippen LogP contribution >= 0.6 is 23.8 Å². The highest BCUT2D eigenvalue weighted by atomic mass is 35.5. The molecule has 2 saturated heterocycles. The minimum Gasteiger partial charge on any atom is -0.450 e. The van der Waals surface area contributed by atoms with E-state index in [0.717, 1.165) is 38.8 Å². The minimum absolute atomic E-state index is 0.0460. The number of halogens is 2. The summed E-state index contributed by atoms with van der Waals surface area (Å²) in [4.78, 5) is 14.0. The van der Waals surface area contributed by atoms with Gasteiger partial charge in [0.05, 0.1) is 18.1 Å². The molecule has 1 saturated carbocycles. The molecule has 0 aromatic heterocycles. The normalized spacial score (nSPS) is 37.9. The van der Waals surface area contributed by atoms with Crippen molar-refractivity contribution >= 4 is 35.0 Å². The summed E-state index contributed by atoms with van der Waals surface area (Å²) in [6.07, 6.45) is 5.46. The minimum atomic E-state index is -0.856. The fraction of sp³-hybridized carbons (Fsp3) is 0.905. The van der Waals surface area contributed by atoms with E-state index in [2.05, 4.69) is 27.9 Å². The molecule has 30 heavy (non-hydrogen) atoms. The number of hydrogen-bond acceptors (Lipinski definition) is 5. The molecule has 6 nitrogen and oxygen atoms in total. The summed E-state index contributed by atoms with van der Waals surface area (Å²) < 4.78 is 18.8. The molecule has 2 aliphatic heterocycles. The molecule has 172 valence electrons. The molecule has 0 bridgehead atoms. The first-order chi connectivity index (χ1) is 14.4. The maximum atomic E-state index is 13.9. The van der Waals surface area contributed by atoms with Crippen LogP contribution in [0.15, 0.2) is 0 Å². The van der Waals surface area contributed by atoms with Gasteiger partial charge in [-0.15, -0.1) is 11.6 Å². The van der Waals surface area contributed by atoms with Crippen LogP contribution in [0.25, 0.3) is 0 Å². The highest BCUT2D eigenvalue weighted by molar-refractivity contribution is 7.80. The quantitative estimate of drug-likeness (QED) is 0.439. The first kappa shape index (κ1) is 24.0. The van der Waals surface area contributed by atoms with Gasteiger partial charge in [0.1, 0.15) is 6.17 Å². The van der Waals surface area contributed by atoms with Crippen molar-refractivity contribution in [2.24, 2.45) is 17.8 Å². The Morgan fingerprint density at radius 2 is 2.03 bits per heavy atom. The molecule has 3 rings (SSSR count). The lowest BCUT2D eigenvalue weighted by Crippen LogP contribution is -2.57. The molecule has 3 N–H and O–H groups in total. The average Bonchev–Trinajstić information content (AvgIpc) is 2.70. The predicted octanol–water partition coefficient (Wildman–Crippen LogP) is 3.39. The van der Waals surface area contributed by atoms with Gasteiger partial charge in [0.2, 0.25) is 0 Å². The number of alkyl carbamates (subject to hydrolysis) is 1. The van der Waals surface area contributed by atoms with Crippen LogP contribution in [0.2, 0.25) is 0 Å². The Morgan fingerprint density at radius 3 is 2.70 bits per heavy atom. The molecule has 1 aliphatic carbocycles. The van der Waals surface area contributed by atoms with Gasteiger partial charge in [-0.25, -0.2) is 9.18 Å². The molecular weight excluding hydrogens is 427 g/mol. The van der Waals surface area contributed by atoms with Crippen molar-refractivity contribution in [1.82, 2.24) is 20.9 Å². The molecule has 3 fully saturated rings. The molecular formula is C21H36ClFN4O2S. The van der Waals surface area contributed by atoms with Crippen molar-refractivity contribution in [2.75, 3.05) is 26.7 Å². The van der Waals surface area contributed by atoms with Crippen LogP contribution in [0.5, 0.6) is 0 Å². The van der Waals surface area contributed by atoms with E-state index in [1.54, 1.807) is 6.92 Å². The number of carbonyl (C=O) groups excluding carboxylic acids is 1. The number of likely N-dealkylation sites (tertiary alicyclic amines) is 1. The van der Waals surface area contributed by atoms with E-state index in [0.29, 0.717) is 36.8 Å². The van der Waals surface area contributed by atoms with Crippen molar-refractivity contribution in [3.63, 3.8) is 0 Å². The molecule has 0 radical (unpaired) electrons. The lowest BCUT2D eigenvalue weighted by Gasteiger charge is -2.49. The van der Waals surface area contributed by atoms with Crippen LogP contribution in [-0.2, 0) is 4.74 Å². The summed E-state index contributed by atoms with van der Waals surface area (Å²) in [6, 6.07) is 0.482. The largest absolute Gasteiger partial charge is 0.450 e. The number of carbonyl (C=O) groups is 1. The van der Waals surface area contributed by atoms with Gasteiger partial charge >= 0.3 is 6.09 Å². The van der Waals surface area contributed by atoms with Crippen molar-refractivity contribution in [3.05, 3.63) is 0 Å². The number of nitrogens with one attached hydrogen (secondary N) is 3. The van der Waals surface area contributed by atoms with Gasteiger partial charge in [-0.3, -0.25) is 10.6 Å². The van der Waals surface area contributed by atoms with Crippen LogP contribution in [0, 0.1) is 17.8 Å². The summed E-state index contributed by atoms with van der Waals surface area (Å²) in [7, 11) is 2.22. The summed E-state index contributed by atoms with van der Waals surface area (Å²) in [6.45, 7) is 4.09. The Morgan fingerprint density at radius 1 is 1.27 bits per heavy atom. The number of ether oxygens (including phenoxy) is 1. The predicted molar refractivity (Wildman–Crippen MR) is 121 cm³/mol. The Kier molecular flexibility index (Phi) is 8.98. The Labute approximate surface area is 190 Å². The molecule has 7 unspecified atom stereocenters. The van der Waals surface area contributed by atoms with Crippen LogP contribution in [0.4, 0.5) is 9.18 Å². The Hall–Kier alpha value is -0.700. The first-order valence-electron chi connectivity index (χ1n) is 11.3. The number of hydrogen-bond donors (Lipinski definition) is 3. The summed E-state index contributed by atoms with van der Waals surface area (Å²) in [5.41, 5.74) is 0. The number of alkyl halides is 2. The fourth-order valence-electron chi connectivity index (χ4n) is 5.69. The van der Waals surface area contributed by atoms with Gasteiger partial charge in [0.25, 0.3) is 0 Å². The first-order valence-corrected chi connectivity index (χ1v) is 12.2. The molecule has 0 spiro atoms. The molecule has 0 aromatic carbocycles. The van der Waals surface area contributed by atoms with Crippen molar-refractivity contribution in [3.8, 4) is 0 Å². The second-order valence-electron chi connectivity index (χ2n) is 9.00. The van der Waals surface area contributed by atoms with Crippen LogP contribution in [0.3, 0.4) is 0 Å². The fourth-order valence-corrected chi connectivity index (χ4v) is 6.27. The summed E-state index contributed by atoms with van der Waals surface area (Å²) in [5.74, 6) is 1.66. The van der Waals surface area contributed by atoms with Crippen molar-refractivity contribution in [2.45, 2.75) is 75.6 Å². The molecule has 7 atom stereocenters. The van der Waals surface area contributed by atoms with E-state index in [9.17, 15) is 9.18 Å². The monoisotopic (exact) mass is 462 g/mol. The van der Waals surface area contributed by atoms with E-state index in [1.807, 2.05) is 0 Å². The SMILES string of the molecule is CCOC(=O)NC(=S)NC1CCC(C2CCCN(C)C2C2CCC(F)C(Cl)C2)CN1. The third-order valence-corrected chi connectivity index (χ3v) is 7.74. The molecule has 9 heteroatoms. The van der Waals surface area contributed by atoms with Gasteiger partial charge in [0.15, 0.2) is 5.11 Å². The van der Waals surface area contributed by atoms with Crippen LogP contribution < -0.4 is 16.0 Å². The van der Waals surface area contributed by atoms with Crippen LogP contribution in [0.1, 0.15) is 51.9 Å². The second kappa shape index (κ2) is 11.2. The van der Waals surface area contributed by atoms with Crippen molar-refractivity contribution < 1.29 is 13.9 Å². The average molecular weight is 463 g/mol. The third kappa shape index (κ3) is 6.17. The van der Waals surface area contributed by atoms with E-state index >= 15 is 0 Å². The summed E-state index contributed by atoms with van der Waals surface area (Å²) in [5, 5.41) is 9.21.